The van der Waals surface area contributed by atoms with Crippen molar-refractivity contribution in [2.24, 2.45) is 0 Å². The first-order valence-electron chi connectivity index (χ1n) is 23.4. The molecule has 0 spiro atoms. The molecule has 0 rings (SSSR count). The van der Waals surface area contributed by atoms with Crippen molar-refractivity contribution < 1.29 is 24.2 Å². The van der Waals surface area contributed by atoms with Crippen LogP contribution in [-0.2, 0) is 19.1 Å². The van der Waals surface area contributed by atoms with Gasteiger partial charge in [-0.15, -0.1) is 0 Å². The van der Waals surface area contributed by atoms with E-state index in [9.17, 15) is 14.7 Å². The summed E-state index contributed by atoms with van der Waals surface area (Å²) in [5.74, 6) is -0.643. The number of aliphatic hydroxyl groups is 1. The topological polar surface area (TPSA) is 72.8 Å². The smallest absolute Gasteiger partial charge is 0.306 e. The Morgan fingerprint density at radius 2 is 0.741 bits per heavy atom. The monoisotopic (exact) mass is 803 g/mol. The second-order valence-corrected chi connectivity index (χ2v) is 15.1. The Morgan fingerprint density at radius 3 is 1.12 bits per heavy atom. The maximum Gasteiger partial charge on any atom is 0.306 e. The summed E-state index contributed by atoms with van der Waals surface area (Å²) in [5, 5.41) is 9.60. The highest BCUT2D eigenvalue weighted by Crippen LogP contribution is 2.12. The lowest BCUT2D eigenvalue weighted by Crippen LogP contribution is -2.28. The average Bonchev–Trinajstić information content (AvgIpc) is 3.23. The molecule has 58 heavy (non-hydrogen) atoms. The van der Waals surface area contributed by atoms with Crippen molar-refractivity contribution in [3.8, 4) is 0 Å². The first-order chi connectivity index (χ1) is 28.6. The largest absolute Gasteiger partial charge is 0.462 e. The van der Waals surface area contributed by atoms with E-state index < -0.39 is 6.10 Å². The third-order valence-electron chi connectivity index (χ3n) is 9.55. The van der Waals surface area contributed by atoms with Crippen LogP contribution in [0.4, 0.5) is 0 Å². The SMILES string of the molecule is CC/C=C\C/C=C\C/C=C\C/C=C\C/C=C\C/C=C\CCCCCCC(=O)OC(CO)COC(=O)CCCCCCCC/C=C\C/C=C\C/C=C\CCCCCCC. The Kier molecular flexibility index (Phi) is 45.1. The number of allylic oxidation sites excluding steroid dienone is 18. The van der Waals surface area contributed by atoms with Gasteiger partial charge in [0.15, 0.2) is 6.10 Å². The van der Waals surface area contributed by atoms with Gasteiger partial charge in [-0.1, -0.05) is 187 Å². The normalized spacial score (nSPS) is 13.2. The van der Waals surface area contributed by atoms with Gasteiger partial charge in [0.25, 0.3) is 0 Å². The molecule has 0 aromatic rings. The number of hydrogen-bond donors (Lipinski definition) is 1. The van der Waals surface area contributed by atoms with Gasteiger partial charge < -0.3 is 14.6 Å². The van der Waals surface area contributed by atoms with Crippen molar-refractivity contribution in [3.05, 3.63) is 109 Å². The summed E-state index contributed by atoms with van der Waals surface area (Å²) in [5.41, 5.74) is 0. The predicted molar refractivity (Wildman–Crippen MR) is 251 cm³/mol. The fourth-order valence-electron chi connectivity index (χ4n) is 6.03. The number of rotatable bonds is 41. The maximum absolute atomic E-state index is 12.2. The van der Waals surface area contributed by atoms with Gasteiger partial charge in [-0.25, -0.2) is 0 Å². The fourth-order valence-corrected chi connectivity index (χ4v) is 6.03. The van der Waals surface area contributed by atoms with Crippen LogP contribution in [0.1, 0.15) is 194 Å². The standard InChI is InChI=1S/C53H86O5/c1-3-5-7-9-11-13-15-17-19-21-23-25-26-28-30-32-34-36-38-40-42-44-46-48-53(56)58-51(49-54)50-57-52(55)47-45-43-41-39-37-35-33-31-29-27-24-22-20-18-16-14-12-10-8-6-4-2/h5,7,11,13,16-19,22-25,28-31,34,36,51,54H,3-4,6,8-10,12,14-15,20-21,26-27,32-33,35,37-50H2,1-2H3/b7-5-,13-11-,18-16-,19-17-,24-22-,25-23-,30-28-,31-29-,36-34-. The highest BCUT2D eigenvalue weighted by Gasteiger charge is 2.16. The van der Waals surface area contributed by atoms with Crippen LogP contribution in [-0.4, -0.2) is 36.4 Å². The lowest BCUT2D eigenvalue weighted by atomic mass is 10.1. The summed E-state index contributed by atoms with van der Waals surface area (Å²) in [6.07, 6.45) is 68.7. The molecule has 0 aliphatic carbocycles. The molecule has 5 nitrogen and oxygen atoms in total. The minimum Gasteiger partial charge on any atom is -0.462 e. The zero-order chi connectivity index (χ0) is 42.1. The van der Waals surface area contributed by atoms with Crippen molar-refractivity contribution in [1.82, 2.24) is 0 Å². The quantitative estimate of drug-likeness (QED) is 0.0379. The van der Waals surface area contributed by atoms with E-state index in [1.165, 1.54) is 57.8 Å². The van der Waals surface area contributed by atoms with Crippen molar-refractivity contribution >= 4 is 11.9 Å². The number of hydrogen-bond acceptors (Lipinski definition) is 5. The number of esters is 2. The van der Waals surface area contributed by atoms with Crippen LogP contribution >= 0.6 is 0 Å². The molecule has 0 bridgehead atoms. The van der Waals surface area contributed by atoms with E-state index in [1.54, 1.807) is 0 Å². The molecule has 0 saturated carbocycles. The molecule has 0 radical (unpaired) electrons. The van der Waals surface area contributed by atoms with E-state index >= 15 is 0 Å². The Labute approximate surface area is 357 Å². The fraction of sp³-hybridized carbons (Fsp3) is 0.623. The van der Waals surface area contributed by atoms with Gasteiger partial charge in [0, 0.05) is 12.8 Å². The number of carbonyl (C=O) groups is 2. The second-order valence-electron chi connectivity index (χ2n) is 15.1. The minimum absolute atomic E-state index is 0.0906. The summed E-state index contributed by atoms with van der Waals surface area (Å²) in [6, 6.07) is 0. The summed E-state index contributed by atoms with van der Waals surface area (Å²) in [6.45, 7) is 3.97. The lowest BCUT2D eigenvalue weighted by Gasteiger charge is -2.15. The van der Waals surface area contributed by atoms with E-state index in [2.05, 4.69) is 123 Å². The molecule has 1 unspecified atom stereocenters. The molecule has 0 aliphatic rings. The molecule has 0 amide bonds. The van der Waals surface area contributed by atoms with Gasteiger partial charge >= 0.3 is 11.9 Å². The van der Waals surface area contributed by atoms with Crippen molar-refractivity contribution in [2.75, 3.05) is 13.2 Å². The maximum atomic E-state index is 12.2. The van der Waals surface area contributed by atoms with Crippen LogP contribution in [0, 0.1) is 0 Å². The number of carbonyl (C=O) groups excluding carboxylic acids is 2. The zero-order valence-corrected chi connectivity index (χ0v) is 37.3. The van der Waals surface area contributed by atoms with E-state index in [0.29, 0.717) is 12.8 Å². The number of unbranched alkanes of at least 4 members (excludes halogenated alkanes) is 15. The van der Waals surface area contributed by atoms with Crippen molar-refractivity contribution in [2.45, 2.75) is 200 Å². The molecule has 0 saturated heterocycles. The third kappa shape index (κ3) is 45.3. The lowest BCUT2D eigenvalue weighted by molar-refractivity contribution is -0.161. The van der Waals surface area contributed by atoms with Gasteiger partial charge in [-0.05, 0) is 103 Å². The first-order valence-corrected chi connectivity index (χ1v) is 23.4. The average molecular weight is 803 g/mol. The Morgan fingerprint density at radius 1 is 0.414 bits per heavy atom. The predicted octanol–water partition coefficient (Wildman–Crippen LogP) is 15.4. The van der Waals surface area contributed by atoms with E-state index in [0.717, 1.165) is 109 Å². The van der Waals surface area contributed by atoms with Crippen LogP contribution in [0.25, 0.3) is 0 Å². The summed E-state index contributed by atoms with van der Waals surface area (Å²) < 4.78 is 10.6. The number of ether oxygens (including phenoxy) is 2. The van der Waals surface area contributed by atoms with Crippen LogP contribution in [0.5, 0.6) is 0 Å². The molecule has 328 valence electrons. The van der Waals surface area contributed by atoms with Gasteiger partial charge in [0.2, 0.25) is 0 Å². The molecular formula is C53H86O5. The Bertz CT molecular complexity index is 1180. The van der Waals surface area contributed by atoms with Gasteiger partial charge in [0.1, 0.15) is 6.61 Å². The highest BCUT2D eigenvalue weighted by atomic mass is 16.6. The van der Waals surface area contributed by atoms with Gasteiger partial charge in [0.05, 0.1) is 6.61 Å². The molecule has 0 aliphatic heterocycles. The molecule has 5 heteroatoms. The summed E-state index contributed by atoms with van der Waals surface area (Å²) >= 11 is 0. The Hall–Kier alpha value is -3.44. The highest BCUT2D eigenvalue weighted by molar-refractivity contribution is 5.70. The minimum atomic E-state index is -0.800. The van der Waals surface area contributed by atoms with Gasteiger partial charge in [-0.2, -0.15) is 0 Å². The van der Waals surface area contributed by atoms with E-state index in [4.69, 9.17) is 9.47 Å². The third-order valence-corrected chi connectivity index (χ3v) is 9.55. The van der Waals surface area contributed by atoms with Gasteiger partial charge in [-0.3, -0.25) is 9.59 Å². The van der Waals surface area contributed by atoms with Crippen molar-refractivity contribution in [3.63, 3.8) is 0 Å². The molecular weight excluding hydrogens is 717 g/mol. The first kappa shape index (κ1) is 54.6. The van der Waals surface area contributed by atoms with Crippen LogP contribution in [0.3, 0.4) is 0 Å². The molecule has 1 atom stereocenters. The molecule has 0 aromatic carbocycles. The van der Waals surface area contributed by atoms with E-state index in [1.807, 2.05) is 0 Å². The van der Waals surface area contributed by atoms with E-state index in [-0.39, 0.29) is 25.2 Å². The molecule has 0 heterocycles. The summed E-state index contributed by atoms with van der Waals surface area (Å²) in [7, 11) is 0. The molecule has 1 N–H and O–H groups in total. The van der Waals surface area contributed by atoms with Crippen LogP contribution in [0.2, 0.25) is 0 Å². The van der Waals surface area contributed by atoms with Crippen LogP contribution < -0.4 is 0 Å². The summed E-state index contributed by atoms with van der Waals surface area (Å²) in [4.78, 5) is 24.4. The van der Waals surface area contributed by atoms with Crippen molar-refractivity contribution in [1.29, 1.82) is 0 Å². The molecule has 0 fully saturated rings. The van der Waals surface area contributed by atoms with Crippen LogP contribution in [0.15, 0.2) is 109 Å². The zero-order valence-electron chi connectivity index (χ0n) is 37.3. The second kappa shape index (κ2) is 47.9. The number of aliphatic hydroxyl groups excluding tert-OH is 1. The Balaban J connectivity index is 3.66. The molecule has 0 aromatic heterocycles.